The molecule has 10 heavy (non-hydrogen) atoms. The number of aliphatic imine (C=N–C) groups is 1. The highest BCUT2D eigenvalue weighted by Gasteiger charge is 2.08. The van der Waals surface area contributed by atoms with Crippen LogP contribution in [0.15, 0.2) is 40.8 Å². The van der Waals surface area contributed by atoms with Crippen molar-refractivity contribution < 1.29 is 4.74 Å². The minimum Gasteiger partial charge on any atom is -0.442 e. The maximum absolute atomic E-state index is 4.79. The van der Waals surface area contributed by atoms with E-state index in [1.54, 1.807) is 6.26 Å². The third-order valence-electron chi connectivity index (χ3n) is 1.48. The number of rotatable bonds is 0. The first-order chi connectivity index (χ1) is 4.97. The number of ether oxygens (including phenoxy) is 1. The van der Waals surface area contributed by atoms with E-state index in [9.17, 15) is 0 Å². The molecule has 0 unspecified atom stereocenters. The van der Waals surface area contributed by atoms with Crippen LogP contribution in [-0.2, 0) is 4.74 Å². The fourth-order valence-corrected chi connectivity index (χ4v) is 0.956. The van der Waals surface area contributed by atoms with E-state index >= 15 is 0 Å². The maximum Gasteiger partial charge on any atom is 0.283 e. The number of hydrogen-bond acceptors (Lipinski definition) is 2. The first-order valence-corrected chi connectivity index (χ1v) is 3.14. The monoisotopic (exact) mass is 132 g/mol. The van der Waals surface area contributed by atoms with Gasteiger partial charge in [-0.1, -0.05) is 12.2 Å². The van der Waals surface area contributed by atoms with Crippen molar-refractivity contribution in [2.75, 3.05) is 0 Å². The van der Waals surface area contributed by atoms with Crippen LogP contribution in [0.1, 0.15) is 6.42 Å². The van der Waals surface area contributed by atoms with Crippen molar-refractivity contribution in [3.05, 3.63) is 35.8 Å². The molecular formula is C8H6NO. The Labute approximate surface area is 59.2 Å². The van der Waals surface area contributed by atoms with Crippen LogP contribution >= 0.6 is 0 Å². The summed E-state index contributed by atoms with van der Waals surface area (Å²) in [6.45, 7) is 0. The highest BCUT2D eigenvalue weighted by molar-refractivity contribution is 5.57. The molecule has 49 valence electrons. The molecule has 2 rings (SSSR count). The average molecular weight is 132 g/mol. The van der Waals surface area contributed by atoms with Gasteiger partial charge >= 0.3 is 0 Å². The summed E-state index contributed by atoms with van der Waals surface area (Å²) in [6, 6.07) is 0. The van der Waals surface area contributed by atoms with Crippen molar-refractivity contribution in [3.8, 4) is 0 Å². The second kappa shape index (κ2) is 2.14. The third kappa shape index (κ3) is 0.778. The molecule has 0 saturated carbocycles. The molecule has 0 aromatic rings. The lowest BCUT2D eigenvalue weighted by Crippen LogP contribution is -1.97. The lowest BCUT2D eigenvalue weighted by Gasteiger charge is -2.10. The van der Waals surface area contributed by atoms with Crippen LogP contribution in [0.4, 0.5) is 0 Å². The molecule has 0 amide bonds. The van der Waals surface area contributed by atoms with Crippen molar-refractivity contribution in [1.82, 2.24) is 0 Å². The van der Waals surface area contributed by atoms with Gasteiger partial charge in [-0.25, -0.2) is 4.99 Å². The van der Waals surface area contributed by atoms with Crippen LogP contribution in [0, 0.1) is 0 Å². The number of hydrogen-bond donors (Lipinski definition) is 0. The van der Waals surface area contributed by atoms with Gasteiger partial charge in [0.2, 0.25) is 0 Å². The SMILES string of the molecule is [C]1=NC2=CC=CCC2=CO1. The van der Waals surface area contributed by atoms with Gasteiger partial charge in [0.1, 0.15) is 0 Å². The molecule has 1 aliphatic carbocycles. The summed E-state index contributed by atoms with van der Waals surface area (Å²) in [4.78, 5) is 3.92. The summed E-state index contributed by atoms with van der Waals surface area (Å²) in [6.07, 6.45) is 11.0. The standard InChI is InChI=1S/C8H6NO/c1-2-4-8-7(3-1)5-10-6-9-8/h1-2,4-5H,3H2. The smallest absolute Gasteiger partial charge is 0.283 e. The largest absolute Gasteiger partial charge is 0.442 e. The molecule has 0 aromatic carbocycles. The third-order valence-corrected chi connectivity index (χ3v) is 1.48. The molecular weight excluding hydrogens is 126 g/mol. The average Bonchev–Trinajstić information content (AvgIpc) is 2.05. The molecule has 1 aliphatic heterocycles. The summed E-state index contributed by atoms with van der Waals surface area (Å²) >= 11 is 0. The molecule has 2 heteroatoms. The Kier molecular flexibility index (Phi) is 1.17. The molecule has 0 spiro atoms. The molecule has 2 nitrogen and oxygen atoms in total. The predicted molar refractivity (Wildman–Crippen MR) is 38.4 cm³/mol. The highest BCUT2D eigenvalue weighted by atomic mass is 16.5. The summed E-state index contributed by atoms with van der Waals surface area (Å²) in [5.41, 5.74) is 2.09. The van der Waals surface area contributed by atoms with Crippen LogP contribution in [-0.4, -0.2) is 6.40 Å². The van der Waals surface area contributed by atoms with E-state index in [0.717, 1.165) is 17.7 Å². The van der Waals surface area contributed by atoms with Gasteiger partial charge in [0.05, 0.1) is 12.0 Å². The number of allylic oxidation sites excluding steroid dienone is 4. The Bertz CT molecular complexity index is 258. The molecule has 0 aromatic heterocycles. The van der Waals surface area contributed by atoms with Crippen LogP contribution in [0.5, 0.6) is 0 Å². The minimum atomic E-state index is 0.914. The van der Waals surface area contributed by atoms with Crippen LogP contribution in [0.2, 0.25) is 0 Å². The van der Waals surface area contributed by atoms with Crippen molar-refractivity contribution in [2.45, 2.75) is 6.42 Å². The first kappa shape index (κ1) is 5.47. The molecule has 0 bridgehead atoms. The Balaban J connectivity index is 2.39. The quantitative estimate of drug-likeness (QED) is 0.491. The van der Waals surface area contributed by atoms with Gasteiger partial charge in [-0.05, 0) is 12.5 Å². The summed E-state index contributed by atoms with van der Waals surface area (Å²) in [5, 5.41) is 0. The molecule has 0 N–H and O–H groups in total. The number of fused-ring (bicyclic) bond motifs is 1. The van der Waals surface area contributed by atoms with Gasteiger partial charge in [-0.15, -0.1) is 0 Å². The molecule has 0 fully saturated rings. The van der Waals surface area contributed by atoms with E-state index in [4.69, 9.17) is 4.74 Å². The van der Waals surface area contributed by atoms with E-state index in [1.807, 2.05) is 12.2 Å². The van der Waals surface area contributed by atoms with Crippen molar-refractivity contribution in [3.63, 3.8) is 0 Å². The van der Waals surface area contributed by atoms with Gasteiger partial charge in [0, 0.05) is 5.57 Å². The Hall–Kier alpha value is -1.31. The summed E-state index contributed by atoms with van der Waals surface area (Å²) < 4.78 is 4.79. The molecule has 1 radical (unpaired) electrons. The normalized spacial score (nSPS) is 20.8. The fourth-order valence-electron chi connectivity index (χ4n) is 0.956. The van der Waals surface area contributed by atoms with Gasteiger partial charge in [0.15, 0.2) is 0 Å². The first-order valence-electron chi connectivity index (χ1n) is 3.14. The molecule has 0 atom stereocenters. The van der Waals surface area contributed by atoms with E-state index < -0.39 is 0 Å². The van der Waals surface area contributed by atoms with E-state index in [2.05, 4.69) is 17.5 Å². The second-order valence-electron chi connectivity index (χ2n) is 2.15. The van der Waals surface area contributed by atoms with E-state index in [-0.39, 0.29) is 0 Å². The predicted octanol–water partition coefficient (Wildman–Crippen LogP) is 1.65. The lowest BCUT2D eigenvalue weighted by atomic mass is 10.1. The second-order valence-corrected chi connectivity index (χ2v) is 2.15. The van der Waals surface area contributed by atoms with Crippen molar-refractivity contribution >= 4 is 6.40 Å². The summed E-state index contributed by atoms with van der Waals surface area (Å²) in [5.74, 6) is 0. The van der Waals surface area contributed by atoms with Crippen LogP contribution in [0.25, 0.3) is 0 Å². The van der Waals surface area contributed by atoms with E-state index in [1.165, 1.54) is 0 Å². The Morgan fingerprint density at radius 2 is 2.60 bits per heavy atom. The number of nitrogens with zero attached hydrogens (tertiary/aromatic N) is 1. The fraction of sp³-hybridized carbons (Fsp3) is 0.125. The van der Waals surface area contributed by atoms with Crippen LogP contribution in [0.3, 0.4) is 0 Å². The highest BCUT2D eigenvalue weighted by Crippen LogP contribution is 2.22. The lowest BCUT2D eigenvalue weighted by molar-refractivity contribution is 0.479. The summed E-state index contributed by atoms with van der Waals surface area (Å²) in [7, 11) is 0. The van der Waals surface area contributed by atoms with Crippen molar-refractivity contribution in [1.29, 1.82) is 0 Å². The maximum atomic E-state index is 4.79. The van der Waals surface area contributed by atoms with Crippen molar-refractivity contribution in [2.24, 2.45) is 4.99 Å². The molecule has 0 saturated heterocycles. The minimum absolute atomic E-state index is 0.914. The van der Waals surface area contributed by atoms with Gasteiger partial charge in [0.25, 0.3) is 6.40 Å². The zero-order chi connectivity index (χ0) is 6.81. The van der Waals surface area contributed by atoms with Gasteiger partial charge < -0.3 is 4.74 Å². The van der Waals surface area contributed by atoms with E-state index in [0.29, 0.717) is 0 Å². The van der Waals surface area contributed by atoms with Crippen LogP contribution < -0.4 is 0 Å². The van der Waals surface area contributed by atoms with Gasteiger partial charge in [-0.3, -0.25) is 0 Å². The van der Waals surface area contributed by atoms with Gasteiger partial charge in [-0.2, -0.15) is 0 Å². The Morgan fingerprint density at radius 3 is 3.50 bits per heavy atom. The molecule has 2 aliphatic rings. The Morgan fingerprint density at radius 1 is 1.60 bits per heavy atom. The topological polar surface area (TPSA) is 21.6 Å². The zero-order valence-corrected chi connectivity index (χ0v) is 5.37. The molecule has 1 heterocycles. The zero-order valence-electron chi connectivity index (χ0n) is 5.37.